The van der Waals surface area contributed by atoms with Crippen molar-refractivity contribution in [2.75, 3.05) is 13.1 Å². The van der Waals surface area contributed by atoms with Crippen LogP contribution in [0.3, 0.4) is 0 Å². The lowest BCUT2D eigenvalue weighted by atomic mass is 10.00. The summed E-state index contributed by atoms with van der Waals surface area (Å²) in [5, 5.41) is 2.92. The fourth-order valence-corrected chi connectivity index (χ4v) is 3.76. The molecule has 1 aromatic heterocycles. The van der Waals surface area contributed by atoms with Gasteiger partial charge in [0.05, 0.1) is 17.2 Å². The lowest BCUT2D eigenvalue weighted by molar-refractivity contribution is -0.134. The fourth-order valence-electron chi connectivity index (χ4n) is 3.76. The monoisotopic (exact) mass is 368 g/mol. The average Bonchev–Trinajstić information content (AvgIpc) is 2.68. The number of nitrogens with one attached hydrogen (secondary N) is 1. The zero-order valence-electron chi connectivity index (χ0n) is 15.3. The van der Waals surface area contributed by atoms with Crippen LogP contribution in [0.15, 0.2) is 30.5 Å². The summed E-state index contributed by atoms with van der Waals surface area (Å²) < 4.78 is 5.99. The van der Waals surface area contributed by atoms with Gasteiger partial charge >= 0.3 is 0 Å². The van der Waals surface area contributed by atoms with Gasteiger partial charge in [-0.05, 0) is 25.0 Å². The van der Waals surface area contributed by atoms with E-state index in [0.717, 1.165) is 36.7 Å². The molecule has 1 N–H and O–H groups in total. The number of benzene rings is 1. The number of ether oxygens (including phenoxy) is 1. The number of fused-ring (bicyclic) bond motifs is 1. The molecule has 2 fully saturated rings. The molecule has 2 aliphatic heterocycles. The molecule has 1 aromatic carbocycles. The quantitative estimate of drug-likeness (QED) is 0.893. The molecule has 2 aliphatic rings. The first-order valence-corrected chi connectivity index (χ1v) is 9.63. The molecule has 2 amide bonds. The summed E-state index contributed by atoms with van der Waals surface area (Å²) in [6.07, 6.45) is 5.97. The second kappa shape index (κ2) is 7.90. The Morgan fingerprint density at radius 1 is 1.19 bits per heavy atom. The van der Waals surface area contributed by atoms with Crippen LogP contribution in [0.2, 0.25) is 0 Å². The minimum absolute atomic E-state index is 0.0133. The third kappa shape index (κ3) is 4.35. The van der Waals surface area contributed by atoms with Gasteiger partial charge in [0.25, 0.3) is 0 Å². The minimum Gasteiger partial charge on any atom is -0.473 e. The van der Waals surface area contributed by atoms with Crippen LogP contribution in [0, 0.1) is 0 Å². The molecule has 1 atom stereocenters. The number of hydrogen-bond acceptors (Lipinski definition) is 5. The van der Waals surface area contributed by atoms with Gasteiger partial charge in [-0.15, -0.1) is 0 Å². The summed E-state index contributed by atoms with van der Waals surface area (Å²) in [4.78, 5) is 34.7. The van der Waals surface area contributed by atoms with Crippen LogP contribution in [-0.4, -0.2) is 51.9 Å². The van der Waals surface area contributed by atoms with Crippen molar-refractivity contribution < 1.29 is 14.3 Å². The molecule has 0 saturated carbocycles. The third-order valence-electron chi connectivity index (χ3n) is 5.25. The van der Waals surface area contributed by atoms with E-state index in [1.807, 2.05) is 29.2 Å². The van der Waals surface area contributed by atoms with Crippen molar-refractivity contribution in [2.24, 2.45) is 0 Å². The molecule has 0 radical (unpaired) electrons. The Kier molecular flexibility index (Phi) is 5.18. The van der Waals surface area contributed by atoms with Crippen molar-refractivity contribution in [3.63, 3.8) is 0 Å². The number of carbonyl (C=O) groups excluding carboxylic acids is 2. The topological polar surface area (TPSA) is 84.4 Å². The second-order valence-electron chi connectivity index (χ2n) is 7.26. The third-order valence-corrected chi connectivity index (χ3v) is 5.25. The number of carbonyl (C=O) groups is 2. The van der Waals surface area contributed by atoms with Gasteiger partial charge in [-0.25, -0.2) is 9.97 Å². The van der Waals surface area contributed by atoms with Gasteiger partial charge < -0.3 is 15.0 Å². The van der Waals surface area contributed by atoms with Crippen LogP contribution in [-0.2, 0) is 9.59 Å². The van der Waals surface area contributed by atoms with E-state index < -0.39 is 0 Å². The Balaban J connectivity index is 1.28. The van der Waals surface area contributed by atoms with E-state index in [-0.39, 0.29) is 24.0 Å². The number of piperidine rings is 2. The summed E-state index contributed by atoms with van der Waals surface area (Å²) in [5.41, 5.74) is 1.66. The smallest absolute Gasteiger partial charge is 0.233 e. The number of rotatable bonds is 4. The van der Waals surface area contributed by atoms with Crippen molar-refractivity contribution in [3.05, 3.63) is 30.5 Å². The number of para-hydroxylation sites is 2. The van der Waals surface area contributed by atoms with E-state index in [1.165, 1.54) is 0 Å². The van der Waals surface area contributed by atoms with Gasteiger partial charge in [0, 0.05) is 44.8 Å². The first-order valence-electron chi connectivity index (χ1n) is 9.63. The lowest BCUT2D eigenvalue weighted by Gasteiger charge is -2.33. The maximum atomic E-state index is 12.5. The Labute approximate surface area is 158 Å². The fraction of sp³-hybridized carbons (Fsp3) is 0.500. The summed E-state index contributed by atoms with van der Waals surface area (Å²) in [7, 11) is 0. The summed E-state index contributed by atoms with van der Waals surface area (Å²) >= 11 is 0. The molecular formula is C20H24N4O3. The highest BCUT2D eigenvalue weighted by Crippen LogP contribution is 2.20. The van der Waals surface area contributed by atoms with Crippen LogP contribution in [0.1, 0.15) is 38.5 Å². The van der Waals surface area contributed by atoms with Gasteiger partial charge in [0.15, 0.2) is 0 Å². The predicted molar refractivity (Wildman–Crippen MR) is 100 cm³/mol. The zero-order valence-corrected chi connectivity index (χ0v) is 15.3. The van der Waals surface area contributed by atoms with E-state index in [1.54, 1.807) is 6.20 Å². The molecule has 7 nitrogen and oxygen atoms in total. The van der Waals surface area contributed by atoms with E-state index >= 15 is 0 Å². The predicted octanol–water partition coefficient (Wildman–Crippen LogP) is 2.06. The Morgan fingerprint density at radius 2 is 1.96 bits per heavy atom. The molecular weight excluding hydrogens is 344 g/mol. The number of aromatic nitrogens is 2. The van der Waals surface area contributed by atoms with Crippen LogP contribution < -0.4 is 10.1 Å². The Bertz CT molecular complexity index is 833. The highest BCUT2D eigenvalue weighted by Gasteiger charge is 2.27. The summed E-state index contributed by atoms with van der Waals surface area (Å²) in [6, 6.07) is 7.69. The van der Waals surface area contributed by atoms with Crippen molar-refractivity contribution in [2.45, 2.75) is 50.7 Å². The molecule has 2 saturated heterocycles. The molecule has 4 rings (SSSR count). The average molecular weight is 368 g/mol. The lowest BCUT2D eigenvalue weighted by Crippen LogP contribution is -2.46. The van der Waals surface area contributed by atoms with Gasteiger partial charge in [-0.1, -0.05) is 12.1 Å². The molecule has 0 bridgehead atoms. The first kappa shape index (κ1) is 17.7. The Morgan fingerprint density at radius 3 is 2.74 bits per heavy atom. The first-order chi connectivity index (χ1) is 13.2. The van der Waals surface area contributed by atoms with Gasteiger partial charge in [0.1, 0.15) is 6.10 Å². The zero-order chi connectivity index (χ0) is 18.6. The molecule has 2 aromatic rings. The normalized spacial score (nSPS) is 21.1. The molecule has 0 spiro atoms. The van der Waals surface area contributed by atoms with Crippen molar-refractivity contribution in [1.82, 2.24) is 20.2 Å². The minimum atomic E-state index is -0.0133. The van der Waals surface area contributed by atoms with Crippen LogP contribution in [0.5, 0.6) is 5.88 Å². The van der Waals surface area contributed by atoms with Crippen molar-refractivity contribution in [1.29, 1.82) is 0 Å². The Hall–Kier alpha value is -2.70. The van der Waals surface area contributed by atoms with Crippen molar-refractivity contribution >= 4 is 22.8 Å². The van der Waals surface area contributed by atoms with Gasteiger partial charge in [0.2, 0.25) is 17.7 Å². The van der Waals surface area contributed by atoms with Gasteiger partial charge in [-0.3, -0.25) is 9.59 Å². The SMILES string of the molecule is O=C1CCC[C@@H](CC(=O)N2CCC(Oc3cnc4ccccc4n3)CC2)N1. The maximum absolute atomic E-state index is 12.5. The summed E-state index contributed by atoms with van der Waals surface area (Å²) in [6.45, 7) is 1.34. The second-order valence-corrected chi connectivity index (χ2v) is 7.26. The molecule has 0 aliphatic carbocycles. The van der Waals surface area contributed by atoms with Crippen LogP contribution in [0.4, 0.5) is 0 Å². The highest BCUT2D eigenvalue weighted by molar-refractivity contribution is 5.80. The molecule has 7 heteroatoms. The van der Waals surface area contributed by atoms with E-state index in [4.69, 9.17) is 4.74 Å². The summed E-state index contributed by atoms with van der Waals surface area (Å²) in [5.74, 6) is 0.706. The van der Waals surface area contributed by atoms with Crippen molar-refractivity contribution in [3.8, 4) is 5.88 Å². The van der Waals surface area contributed by atoms with Gasteiger partial charge in [-0.2, -0.15) is 0 Å². The van der Waals surface area contributed by atoms with E-state index in [0.29, 0.717) is 31.8 Å². The molecule has 27 heavy (non-hydrogen) atoms. The highest BCUT2D eigenvalue weighted by atomic mass is 16.5. The standard InChI is InChI=1S/C20H24N4O3/c25-18-7-3-4-14(22-18)12-20(26)24-10-8-15(9-11-24)27-19-13-21-16-5-1-2-6-17(16)23-19/h1-2,5-6,13-15H,3-4,7-12H2,(H,22,25)/t14-/m0/s1. The number of hydrogen-bond donors (Lipinski definition) is 1. The van der Waals surface area contributed by atoms with Crippen LogP contribution >= 0.6 is 0 Å². The van der Waals surface area contributed by atoms with E-state index in [2.05, 4.69) is 15.3 Å². The van der Waals surface area contributed by atoms with E-state index in [9.17, 15) is 9.59 Å². The molecule has 142 valence electrons. The molecule has 0 unspecified atom stereocenters. The maximum Gasteiger partial charge on any atom is 0.233 e. The molecule has 3 heterocycles. The van der Waals surface area contributed by atoms with Crippen LogP contribution in [0.25, 0.3) is 11.0 Å². The number of amides is 2. The number of likely N-dealkylation sites (tertiary alicyclic amines) is 1. The largest absolute Gasteiger partial charge is 0.473 e. The number of nitrogens with zero attached hydrogens (tertiary/aromatic N) is 3.